The van der Waals surface area contributed by atoms with Crippen LogP contribution in [-0.2, 0) is 4.79 Å². The summed E-state index contributed by atoms with van der Waals surface area (Å²) in [5, 5.41) is 3.36. The van der Waals surface area contributed by atoms with Crippen LogP contribution in [0.3, 0.4) is 0 Å². The molecule has 0 spiro atoms. The summed E-state index contributed by atoms with van der Waals surface area (Å²) in [4.78, 5) is 38.8. The lowest BCUT2D eigenvalue weighted by atomic mass is 9.48. The van der Waals surface area contributed by atoms with Crippen molar-refractivity contribution >= 4 is 17.7 Å². The Morgan fingerprint density at radius 1 is 0.938 bits per heavy atom. The molecule has 1 aromatic rings. The third-order valence-corrected chi connectivity index (χ3v) is 8.80. The van der Waals surface area contributed by atoms with Crippen molar-refractivity contribution in [3.05, 3.63) is 35.4 Å². The Labute approximate surface area is 191 Å². The molecule has 4 bridgehead atoms. The molecule has 1 atom stereocenters. The minimum atomic E-state index is -0.177. The highest BCUT2D eigenvalue weighted by Crippen LogP contribution is 2.61. The number of rotatable bonds is 9. The van der Waals surface area contributed by atoms with Crippen LogP contribution in [-0.4, -0.2) is 35.2 Å². The van der Waals surface area contributed by atoms with Crippen molar-refractivity contribution in [2.24, 2.45) is 23.2 Å². The number of hydrogen-bond donors (Lipinski definition) is 1. The van der Waals surface area contributed by atoms with Gasteiger partial charge < -0.3 is 5.32 Å². The van der Waals surface area contributed by atoms with E-state index in [1.165, 1.54) is 43.4 Å². The van der Waals surface area contributed by atoms with Crippen molar-refractivity contribution < 1.29 is 14.4 Å². The van der Waals surface area contributed by atoms with Crippen molar-refractivity contribution in [1.29, 1.82) is 0 Å². The SMILES string of the molecule is CC(NC(=O)CCCCCCN1C(=O)c2ccccc2C1=O)C12CC3CC(CC(C3)C1)C2. The van der Waals surface area contributed by atoms with Crippen LogP contribution in [0.1, 0.15) is 98.3 Å². The molecule has 32 heavy (non-hydrogen) atoms. The van der Waals surface area contributed by atoms with E-state index in [9.17, 15) is 14.4 Å². The van der Waals surface area contributed by atoms with Crippen LogP contribution in [0.5, 0.6) is 0 Å². The molecule has 4 saturated carbocycles. The molecule has 1 aromatic carbocycles. The Kier molecular flexibility index (Phi) is 5.85. The van der Waals surface area contributed by atoms with Crippen molar-refractivity contribution in [3.63, 3.8) is 0 Å². The maximum atomic E-state index is 12.6. The van der Waals surface area contributed by atoms with Gasteiger partial charge >= 0.3 is 0 Å². The summed E-state index contributed by atoms with van der Waals surface area (Å²) < 4.78 is 0. The van der Waals surface area contributed by atoms with E-state index >= 15 is 0 Å². The van der Waals surface area contributed by atoms with E-state index in [1.807, 2.05) is 0 Å². The first-order chi connectivity index (χ1) is 15.4. The van der Waals surface area contributed by atoms with Crippen LogP contribution in [0.15, 0.2) is 24.3 Å². The molecule has 4 fully saturated rings. The molecule has 0 saturated heterocycles. The normalized spacial score (nSPS) is 31.2. The summed E-state index contributed by atoms with van der Waals surface area (Å²) in [6.45, 7) is 2.70. The minimum Gasteiger partial charge on any atom is -0.353 e. The van der Waals surface area contributed by atoms with Crippen LogP contribution in [0, 0.1) is 23.2 Å². The summed E-state index contributed by atoms with van der Waals surface area (Å²) in [7, 11) is 0. The maximum absolute atomic E-state index is 12.6. The summed E-state index contributed by atoms with van der Waals surface area (Å²) >= 11 is 0. The molecule has 1 aliphatic heterocycles. The van der Waals surface area contributed by atoms with Gasteiger partial charge in [0.2, 0.25) is 5.91 Å². The molecular weight excluding hydrogens is 400 g/mol. The van der Waals surface area contributed by atoms with Gasteiger partial charge in [-0.3, -0.25) is 19.3 Å². The number of carbonyl (C=O) groups is 3. The molecule has 0 aromatic heterocycles. The number of amides is 3. The van der Waals surface area contributed by atoms with Gasteiger partial charge in [-0.2, -0.15) is 0 Å². The highest BCUT2D eigenvalue weighted by Gasteiger charge is 2.53. The van der Waals surface area contributed by atoms with Gasteiger partial charge in [0.15, 0.2) is 0 Å². The van der Waals surface area contributed by atoms with Gasteiger partial charge in [0.05, 0.1) is 11.1 Å². The Bertz CT molecular complexity index is 838. The summed E-state index contributed by atoms with van der Waals surface area (Å²) in [5.41, 5.74) is 1.39. The molecule has 5 heteroatoms. The fourth-order valence-electron chi connectivity index (χ4n) is 7.53. The Hall–Kier alpha value is -2.17. The van der Waals surface area contributed by atoms with E-state index in [4.69, 9.17) is 0 Å². The number of benzene rings is 1. The first kappa shape index (κ1) is 21.7. The fraction of sp³-hybridized carbons (Fsp3) is 0.667. The van der Waals surface area contributed by atoms with Crippen molar-refractivity contribution in [2.45, 2.75) is 83.6 Å². The van der Waals surface area contributed by atoms with Crippen LogP contribution in [0.4, 0.5) is 0 Å². The molecule has 0 radical (unpaired) electrons. The molecule has 1 unspecified atom stereocenters. The van der Waals surface area contributed by atoms with E-state index in [0.717, 1.165) is 43.4 Å². The van der Waals surface area contributed by atoms with E-state index < -0.39 is 0 Å². The van der Waals surface area contributed by atoms with Crippen LogP contribution in [0.2, 0.25) is 0 Å². The van der Waals surface area contributed by atoms with Crippen molar-refractivity contribution in [2.75, 3.05) is 6.54 Å². The predicted octanol–water partition coefficient (Wildman–Crippen LogP) is 4.95. The second-order valence-corrected chi connectivity index (χ2v) is 11.0. The average molecular weight is 437 g/mol. The summed E-state index contributed by atoms with van der Waals surface area (Å²) in [6.07, 6.45) is 12.3. The fourth-order valence-corrected chi connectivity index (χ4v) is 7.53. The van der Waals surface area contributed by atoms with Crippen molar-refractivity contribution in [3.8, 4) is 0 Å². The molecule has 1 heterocycles. The number of imide groups is 1. The number of nitrogens with one attached hydrogen (secondary N) is 1. The minimum absolute atomic E-state index is 0.177. The zero-order valence-electron chi connectivity index (χ0n) is 19.3. The van der Waals surface area contributed by atoms with E-state index in [0.29, 0.717) is 29.5 Å². The average Bonchev–Trinajstić information content (AvgIpc) is 3.00. The van der Waals surface area contributed by atoms with Gasteiger partial charge in [-0.25, -0.2) is 0 Å². The highest BCUT2D eigenvalue weighted by atomic mass is 16.2. The van der Waals surface area contributed by atoms with Gasteiger partial charge in [-0.15, -0.1) is 0 Å². The standard InChI is InChI=1S/C27H36N2O3/c1-18(27-15-19-12-20(16-27)14-21(13-19)17-27)28-24(30)10-4-2-3-7-11-29-25(31)22-8-5-6-9-23(22)26(29)32/h5-6,8-9,18-21H,2-4,7,10-17H2,1H3,(H,28,30). The topological polar surface area (TPSA) is 66.5 Å². The lowest BCUT2D eigenvalue weighted by Crippen LogP contribution is -2.55. The lowest BCUT2D eigenvalue weighted by molar-refractivity contribution is -0.126. The number of fused-ring (bicyclic) bond motifs is 1. The molecule has 1 N–H and O–H groups in total. The van der Waals surface area contributed by atoms with Gasteiger partial charge in [-0.05, 0) is 93.6 Å². The number of nitrogens with zero attached hydrogens (tertiary/aromatic N) is 1. The van der Waals surface area contributed by atoms with Gasteiger partial charge in [0.25, 0.3) is 11.8 Å². The largest absolute Gasteiger partial charge is 0.353 e. The third-order valence-electron chi connectivity index (χ3n) is 8.80. The number of unbranched alkanes of at least 4 members (excludes halogenated alkanes) is 3. The third kappa shape index (κ3) is 3.99. The van der Waals surface area contributed by atoms with Gasteiger partial charge in [0, 0.05) is 19.0 Å². The second kappa shape index (κ2) is 8.64. The predicted molar refractivity (Wildman–Crippen MR) is 123 cm³/mol. The Balaban J connectivity index is 1.00. The first-order valence-corrected chi connectivity index (χ1v) is 12.7. The zero-order chi connectivity index (χ0) is 22.3. The van der Waals surface area contributed by atoms with Crippen LogP contribution in [0.25, 0.3) is 0 Å². The molecule has 5 nitrogen and oxygen atoms in total. The van der Waals surface area contributed by atoms with Crippen LogP contribution >= 0.6 is 0 Å². The summed E-state index contributed by atoms with van der Waals surface area (Å²) in [6, 6.07) is 7.32. The maximum Gasteiger partial charge on any atom is 0.261 e. The highest BCUT2D eigenvalue weighted by molar-refractivity contribution is 6.21. The Morgan fingerprint density at radius 2 is 1.47 bits per heavy atom. The van der Waals surface area contributed by atoms with Gasteiger partial charge in [-0.1, -0.05) is 25.0 Å². The number of hydrogen-bond acceptors (Lipinski definition) is 3. The smallest absolute Gasteiger partial charge is 0.261 e. The zero-order valence-corrected chi connectivity index (χ0v) is 19.3. The monoisotopic (exact) mass is 436 g/mol. The molecule has 4 aliphatic carbocycles. The summed E-state index contributed by atoms with van der Waals surface area (Å²) in [5.74, 6) is 2.55. The molecular formula is C27H36N2O3. The molecule has 6 rings (SSSR count). The Morgan fingerprint density at radius 3 is 2.03 bits per heavy atom. The van der Waals surface area contributed by atoms with E-state index in [1.54, 1.807) is 24.3 Å². The molecule has 3 amide bonds. The van der Waals surface area contributed by atoms with E-state index in [2.05, 4.69) is 12.2 Å². The van der Waals surface area contributed by atoms with Crippen molar-refractivity contribution in [1.82, 2.24) is 10.2 Å². The molecule has 5 aliphatic rings. The van der Waals surface area contributed by atoms with E-state index in [-0.39, 0.29) is 23.8 Å². The lowest BCUT2D eigenvalue weighted by Gasteiger charge is -2.59. The first-order valence-electron chi connectivity index (χ1n) is 12.7. The van der Waals surface area contributed by atoms with Gasteiger partial charge in [0.1, 0.15) is 0 Å². The second-order valence-electron chi connectivity index (χ2n) is 11.0. The number of carbonyl (C=O) groups excluding carboxylic acids is 3. The quantitative estimate of drug-likeness (QED) is 0.440. The molecule has 172 valence electrons. The van der Waals surface area contributed by atoms with Crippen LogP contribution < -0.4 is 5.32 Å².